The minimum Gasteiger partial charge on any atom is -0.510 e. The van der Waals surface area contributed by atoms with Gasteiger partial charge in [-0.2, -0.15) is 0 Å². The number of benzene rings is 2. The molecule has 3 aliphatic rings. The fourth-order valence-electron chi connectivity index (χ4n) is 8.14. The Morgan fingerprint density at radius 3 is 2.62 bits per heavy atom. The molecule has 0 amide bonds. The maximum absolute atomic E-state index is 11.1. The van der Waals surface area contributed by atoms with E-state index in [1.807, 2.05) is 23.6 Å². The summed E-state index contributed by atoms with van der Waals surface area (Å²) in [5.41, 5.74) is 6.96. The third-order valence-corrected chi connectivity index (χ3v) is 11.2. The van der Waals surface area contributed by atoms with Crippen molar-refractivity contribution in [1.82, 2.24) is 9.88 Å². The molecule has 0 spiro atoms. The number of aliphatic hydroxyl groups is 1. The maximum Gasteiger partial charge on any atom is 0.161 e. The molecule has 1 saturated carbocycles. The minimum atomic E-state index is 0.0527. The number of nitrogens with zero attached hydrogens (tertiary/aromatic N) is 2. The van der Waals surface area contributed by atoms with Crippen LogP contribution < -0.4 is 9.47 Å². The molecule has 3 atom stereocenters. The number of hydrogen-bond donors (Lipinski definition) is 2. The third-order valence-electron chi connectivity index (χ3n) is 10.3. The lowest BCUT2D eigenvalue weighted by Gasteiger charge is -2.56. The van der Waals surface area contributed by atoms with Crippen molar-refractivity contribution in [2.24, 2.45) is 11.3 Å². The molecule has 2 aliphatic carbocycles. The highest BCUT2D eigenvalue weighted by Gasteiger charge is 2.52. The molecular formula is C35H43N3O3S. The number of aryl methyl sites for hydroxylation is 1. The van der Waals surface area contributed by atoms with E-state index in [0.717, 1.165) is 30.6 Å². The Kier molecular flexibility index (Phi) is 7.37. The van der Waals surface area contributed by atoms with Crippen LogP contribution in [-0.2, 0) is 11.8 Å². The maximum atomic E-state index is 11.1. The van der Waals surface area contributed by atoms with E-state index in [9.17, 15) is 5.11 Å². The zero-order valence-corrected chi connectivity index (χ0v) is 26.5. The lowest BCUT2D eigenvalue weighted by molar-refractivity contribution is 0.0108. The largest absolute Gasteiger partial charge is 0.510 e. The van der Waals surface area contributed by atoms with Crippen LogP contribution in [0.5, 0.6) is 11.5 Å². The molecule has 2 aromatic carbocycles. The van der Waals surface area contributed by atoms with Gasteiger partial charge in [0.15, 0.2) is 11.5 Å². The van der Waals surface area contributed by atoms with Crippen molar-refractivity contribution in [2.45, 2.75) is 71.1 Å². The van der Waals surface area contributed by atoms with Crippen molar-refractivity contribution >= 4 is 22.7 Å². The summed E-state index contributed by atoms with van der Waals surface area (Å²) in [7, 11) is 3.24. The van der Waals surface area contributed by atoms with Crippen LogP contribution in [0.2, 0.25) is 0 Å². The first-order chi connectivity index (χ1) is 20.1. The lowest BCUT2D eigenvalue weighted by Crippen LogP contribution is -2.53. The van der Waals surface area contributed by atoms with E-state index < -0.39 is 0 Å². The second kappa shape index (κ2) is 10.7. The standard InChI is InChI=1S/C35H43N3O3S/c1-21(2)22-8-11-25-23(16-22)10-13-30-34(3,14-7-15-35(25,30)4)20-38-18-27(39)31(32(38)36)33-37-26(19-42-33)24-9-12-28(40-5)29(17-24)41-6/h8-9,11-12,16-17,19,21,30,36,39H,7,10,13-15,18,20H2,1-6H3/t30-,34+,35+/m1/s1. The molecule has 3 aromatic rings. The molecule has 6 rings (SSSR count). The van der Waals surface area contributed by atoms with Gasteiger partial charge < -0.3 is 19.5 Å². The number of aromatic nitrogens is 1. The Hall–Kier alpha value is -3.32. The molecule has 1 aromatic heterocycles. The summed E-state index contributed by atoms with van der Waals surface area (Å²) in [6.07, 6.45) is 5.84. The molecular weight excluding hydrogens is 542 g/mol. The van der Waals surface area contributed by atoms with Gasteiger partial charge in [-0.1, -0.05) is 52.3 Å². The molecule has 2 heterocycles. The number of amidine groups is 1. The fourth-order valence-corrected chi connectivity index (χ4v) is 9.03. The molecule has 2 N–H and O–H groups in total. The normalized spacial score (nSPS) is 25.5. The number of nitrogens with one attached hydrogen (secondary N) is 1. The molecule has 0 radical (unpaired) electrons. The second-order valence-electron chi connectivity index (χ2n) is 13.2. The third kappa shape index (κ3) is 4.70. The van der Waals surface area contributed by atoms with Gasteiger partial charge in [-0.05, 0) is 83.2 Å². The van der Waals surface area contributed by atoms with Gasteiger partial charge in [0.1, 0.15) is 16.6 Å². The highest BCUT2D eigenvalue weighted by molar-refractivity contribution is 7.11. The molecule has 222 valence electrons. The number of rotatable bonds is 7. The van der Waals surface area contributed by atoms with E-state index in [0.29, 0.717) is 46.3 Å². The summed E-state index contributed by atoms with van der Waals surface area (Å²) in [6, 6.07) is 13.0. The summed E-state index contributed by atoms with van der Waals surface area (Å²) in [5.74, 6) is 3.01. The number of methoxy groups -OCH3 is 2. The van der Waals surface area contributed by atoms with Gasteiger partial charge in [-0.25, -0.2) is 4.98 Å². The van der Waals surface area contributed by atoms with Gasteiger partial charge in [-0.3, -0.25) is 5.41 Å². The fraction of sp³-hybridized carbons (Fsp3) is 0.486. The van der Waals surface area contributed by atoms with E-state index in [2.05, 4.69) is 50.8 Å². The molecule has 42 heavy (non-hydrogen) atoms. The number of aliphatic hydroxyl groups excluding tert-OH is 1. The Morgan fingerprint density at radius 1 is 1.10 bits per heavy atom. The quantitative estimate of drug-likeness (QED) is 0.292. The van der Waals surface area contributed by atoms with E-state index in [1.165, 1.54) is 47.3 Å². The molecule has 6 nitrogen and oxygen atoms in total. The van der Waals surface area contributed by atoms with E-state index in [1.54, 1.807) is 14.2 Å². The molecule has 0 unspecified atom stereocenters. The molecule has 1 aliphatic heterocycles. The average Bonchev–Trinajstić information content (AvgIpc) is 3.55. The summed E-state index contributed by atoms with van der Waals surface area (Å²) >= 11 is 1.46. The predicted molar refractivity (Wildman–Crippen MR) is 171 cm³/mol. The van der Waals surface area contributed by atoms with Crippen LogP contribution in [0, 0.1) is 16.7 Å². The monoisotopic (exact) mass is 585 g/mol. The topological polar surface area (TPSA) is 78.7 Å². The zero-order valence-electron chi connectivity index (χ0n) is 25.7. The van der Waals surface area contributed by atoms with Crippen LogP contribution >= 0.6 is 11.3 Å². The van der Waals surface area contributed by atoms with Crippen LogP contribution in [0.25, 0.3) is 16.8 Å². The first kappa shape index (κ1) is 28.8. The second-order valence-corrected chi connectivity index (χ2v) is 14.1. The Labute approximate surface area is 253 Å². The van der Waals surface area contributed by atoms with Gasteiger partial charge in [0, 0.05) is 17.5 Å². The lowest BCUT2D eigenvalue weighted by atomic mass is 9.49. The smallest absolute Gasteiger partial charge is 0.161 e. The van der Waals surface area contributed by atoms with Gasteiger partial charge in [0.25, 0.3) is 0 Å². The van der Waals surface area contributed by atoms with Crippen LogP contribution in [-0.4, -0.2) is 48.1 Å². The van der Waals surface area contributed by atoms with E-state index in [4.69, 9.17) is 19.9 Å². The summed E-state index contributed by atoms with van der Waals surface area (Å²) < 4.78 is 10.9. The van der Waals surface area contributed by atoms with Crippen LogP contribution in [0.4, 0.5) is 0 Å². The number of ether oxygens (including phenoxy) is 2. The predicted octanol–water partition coefficient (Wildman–Crippen LogP) is 8.22. The summed E-state index contributed by atoms with van der Waals surface area (Å²) in [4.78, 5) is 6.94. The van der Waals surface area contributed by atoms with Crippen molar-refractivity contribution in [3.63, 3.8) is 0 Å². The van der Waals surface area contributed by atoms with Crippen molar-refractivity contribution in [3.8, 4) is 22.8 Å². The van der Waals surface area contributed by atoms with Crippen LogP contribution in [0.1, 0.15) is 81.0 Å². The van der Waals surface area contributed by atoms with Crippen molar-refractivity contribution < 1.29 is 14.6 Å². The number of hydrogen-bond acceptors (Lipinski definition) is 6. The highest BCUT2D eigenvalue weighted by atomic mass is 32.1. The summed E-state index contributed by atoms with van der Waals surface area (Å²) in [5, 5.41) is 23.0. The van der Waals surface area contributed by atoms with Gasteiger partial charge in [0.2, 0.25) is 0 Å². The van der Waals surface area contributed by atoms with Crippen molar-refractivity contribution in [3.05, 3.63) is 69.2 Å². The molecule has 0 bridgehead atoms. The zero-order chi connectivity index (χ0) is 29.8. The van der Waals surface area contributed by atoms with Crippen molar-refractivity contribution in [1.29, 1.82) is 5.41 Å². The van der Waals surface area contributed by atoms with Crippen LogP contribution in [0.3, 0.4) is 0 Å². The molecule has 0 saturated heterocycles. The molecule has 7 heteroatoms. The molecule has 1 fully saturated rings. The SMILES string of the molecule is COc1ccc(-c2csc(C3=C(O)CN(C[C@]4(C)CCC[C@@]5(C)c6ccc(C(C)C)cc6CC[C@H]45)C3=N)n2)cc1OC. The average molecular weight is 586 g/mol. The van der Waals surface area contributed by atoms with Crippen LogP contribution in [0.15, 0.2) is 47.5 Å². The van der Waals surface area contributed by atoms with Gasteiger partial charge in [-0.15, -0.1) is 11.3 Å². The van der Waals surface area contributed by atoms with Gasteiger partial charge in [0.05, 0.1) is 32.0 Å². The van der Waals surface area contributed by atoms with Gasteiger partial charge >= 0.3 is 0 Å². The van der Waals surface area contributed by atoms with E-state index >= 15 is 0 Å². The Bertz CT molecular complexity index is 1560. The highest BCUT2D eigenvalue weighted by Crippen LogP contribution is 2.58. The number of fused-ring (bicyclic) bond motifs is 3. The summed E-state index contributed by atoms with van der Waals surface area (Å²) in [6.45, 7) is 10.6. The first-order valence-corrected chi connectivity index (χ1v) is 16.0. The minimum absolute atomic E-state index is 0.0527. The van der Waals surface area contributed by atoms with E-state index in [-0.39, 0.29) is 16.6 Å². The van der Waals surface area contributed by atoms with Crippen molar-refractivity contribution in [2.75, 3.05) is 27.3 Å². The first-order valence-electron chi connectivity index (χ1n) is 15.2. The Morgan fingerprint density at radius 2 is 1.88 bits per heavy atom. The Balaban J connectivity index is 1.23. The number of thiazole rings is 1.